The number of nitrogens with one attached hydrogen (secondary N) is 1. The van der Waals surface area contributed by atoms with Gasteiger partial charge < -0.3 is 9.47 Å². The molecule has 0 aromatic heterocycles. The average Bonchev–Trinajstić information content (AvgIpc) is 2.72. The molecule has 28 heavy (non-hydrogen) atoms. The molecule has 3 saturated heterocycles. The highest BCUT2D eigenvalue weighted by atomic mass is 16.7. The van der Waals surface area contributed by atoms with E-state index in [1.165, 1.54) is 0 Å². The predicted molar refractivity (Wildman–Crippen MR) is 100 cm³/mol. The molecule has 1 N–H and O–H groups in total. The van der Waals surface area contributed by atoms with Crippen molar-refractivity contribution >= 4 is 5.90 Å². The maximum absolute atomic E-state index is 10.3. The van der Waals surface area contributed by atoms with Gasteiger partial charge in [0.1, 0.15) is 6.10 Å². The highest BCUT2D eigenvalue weighted by Gasteiger charge is 2.80. The zero-order chi connectivity index (χ0) is 20.2. The third kappa shape index (κ3) is 2.06. The quantitative estimate of drug-likeness (QED) is 0.728. The van der Waals surface area contributed by atoms with Crippen LogP contribution < -0.4 is 0 Å². The Morgan fingerprint density at radius 2 is 1.96 bits per heavy atom. The number of allylic oxidation sites excluding steroid dienone is 2. The van der Waals surface area contributed by atoms with E-state index in [4.69, 9.17) is 14.9 Å². The van der Waals surface area contributed by atoms with Crippen molar-refractivity contribution in [1.82, 2.24) is 0 Å². The van der Waals surface area contributed by atoms with Crippen molar-refractivity contribution in [2.75, 3.05) is 0 Å². The summed E-state index contributed by atoms with van der Waals surface area (Å²) in [5.41, 5.74) is -1.35. The van der Waals surface area contributed by atoms with Crippen LogP contribution in [0.2, 0.25) is 0 Å². The SMILES string of the molecule is C=C(C)[C@@H]1CC=C([C@H]2O[C@]34CCCC[C@@H]3C(C#N)(C#N)[C@@]2(C#N)C(=N)O4)CC1. The van der Waals surface area contributed by atoms with Crippen molar-refractivity contribution in [2.24, 2.45) is 22.7 Å². The van der Waals surface area contributed by atoms with Crippen LogP contribution in [0.4, 0.5) is 0 Å². The van der Waals surface area contributed by atoms with E-state index < -0.39 is 28.6 Å². The van der Waals surface area contributed by atoms with Crippen molar-refractivity contribution in [3.8, 4) is 18.2 Å². The molecule has 6 heteroatoms. The maximum Gasteiger partial charge on any atom is 0.218 e. The van der Waals surface area contributed by atoms with Crippen molar-refractivity contribution in [2.45, 2.75) is 63.8 Å². The molecule has 0 amide bonds. The van der Waals surface area contributed by atoms with Gasteiger partial charge in [0.25, 0.3) is 0 Å². The van der Waals surface area contributed by atoms with E-state index in [-0.39, 0.29) is 5.90 Å². The number of fused-ring (bicyclic) bond motifs is 2. The lowest BCUT2D eigenvalue weighted by Gasteiger charge is -2.64. The third-order valence-electron chi connectivity index (χ3n) is 7.30. The van der Waals surface area contributed by atoms with Gasteiger partial charge in [-0.25, -0.2) is 0 Å². The number of hydrogen-bond donors (Lipinski definition) is 1. The Balaban J connectivity index is 1.87. The fraction of sp³-hybridized carbons (Fsp3) is 0.636. The topological polar surface area (TPSA) is 114 Å². The normalized spacial score (nSPS) is 40.7. The molecular weight excluding hydrogens is 352 g/mol. The van der Waals surface area contributed by atoms with Gasteiger partial charge in [0.2, 0.25) is 11.7 Å². The van der Waals surface area contributed by atoms with Crippen LogP contribution in [-0.2, 0) is 9.47 Å². The van der Waals surface area contributed by atoms with Crippen LogP contribution in [-0.4, -0.2) is 17.8 Å². The van der Waals surface area contributed by atoms with Gasteiger partial charge in [-0.15, -0.1) is 0 Å². The van der Waals surface area contributed by atoms with Gasteiger partial charge in [0.15, 0.2) is 10.8 Å². The Labute approximate surface area is 165 Å². The number of nitriles is 3. The Kier molecular flexibility index (Phi) is 4.14. The summed E-state index contributed by atoms with van der Waals surface area (Å²) in [6.07, 6.45) is 6.47. The van der Waals surface area contributed by atoms with Crippen molar-refractivity contribution in [3.05, 3.63) is 23.8 Å². The molecule has 6 nitrogen and oxygen atoms in total. The fourth-order valence-electron chi connectivity index (χ4n) is 5.72. The van der Waals surface area contributed by atoms with Gasteiger partial charge >= 0.3 is 0 Å². The molecule has 5 aliphatic rings. The first kappa shape index (κ1) is 18.7. The van der Waals surface area contributed by atoms with Gasteiger partial charge in [-0.1, -0.05) is 24.6 Å². The summed E-state index contributed by atoms with van der Waals surface area (Å²) < 4.78 is 12.4. The Morgan fingerprint density at radius 3 is 2.54 bits per heavy atom. The average molecular weight is 376 g/mol. The second kappa shape index (κ2) is 6.20. The van der Waals surface area contributed by atoms with Crippen molar-refractivity contribution in [1.29, 1.82) is 21.2 Å². The molecular formula is C22H24N4O2. The molecule has 2 bridgehead atoms. The van der Waals surface area contributed by atoms with E-state index in [2.05, 4.69) is 30.9 Å². The second-order valence-corrected chi connectivity index (χ2v) is 8.59. The standard InChI is InChI=1S/C22H24N4O2/c1-14(2)15-6-8-16(9-7-15)18-21(13-25)19(26)28-22(27-18)10-4-3-5-17(22)20(21,11-23)12-24/h8,15,17-18,26H,1,3-7,9-10H2,2H3/t15-,17-,18-,21-,22+/m1/s1. The highest BCUT2D eigenvalue weighted by molar-refractivity contribution is 5.89. The predicted octanol–water partition coefficient (Wildman–Crippen LogP) is 4.13. The van der Waals surface area contributed by atoms with Crippen LogP contribution >= 0.6 is 0 Å². The van der Waals surface area contributed by atoms with Gasteiger partial charge in [0, 0.05) is 6.42 Å². The molecule has 4 fully saturated rings. The first-order valence-electron chi connectivity index (χ1n) is 9.94. The third-order valence-corrected chi connectivity index (χ3v) is 7.30. The molecule has 5 atom stereocenters. The first-order valence-corrected chi connectivity index (χ1v) is 9.94. The fourth-order valence-corrected chi connectivity index (χ4v) is 5.72. The van der Waals surface area contributed by atoms with E-state index in [9.17, 15) is 15.8 Å². The van der Waals surface area contributed by atoms with Gasteiger partial charge in [-0.2, -0.15) is 15.8 Å². The molecule has 2 aliphatic carbocycles. The highest BCUT2D eigenvalue weighted by Crippen LogP contribution is 2.67. The zero-order valence-electron chi connectivity index (χ0n) is 16.1. The summed E-state index contributed by atoms with van der Waals surface area (Å²) in [5, 5.41) is 39.2. The summed E-state index contributed by atoms with van der Waals surface area (Å²) in [5.74, 6) is -1.58. The summed E-state index contributed by atoms with van der Waals surface area (Å²) in [6, 6.07) is 6.55. The molecule has 3 aliphatic heterocycles. The molecule has 0 aromatic carbocycles. The Bertz CT molecular complexity index is 887. The van der Waals surface area contributed by atoms with Crippen LogP contribution in [0.5, 0.6) is 0 Å². The van der Waals surface area contributed by atoms with Crippen LogP contribution in [0.3, 0.4) is 0 Å². The largest absolute Gasteiger partial charge is 0.447 e. The molecule has 5 rings (SSSR count). The molecule has 0 aromatic rings. The van der Waals surface area contributed by atoms with Crippen molar-refractivity contribution in [3.63, 3.8) is 0 Å². The van der Waals surface area contributed by atoms with Crippen LogP contribution in [0, 0.1) is 62.1 Å². The van der Waals surface area contributed by atoms with Crippen molar-refractivity contribution < 1.29 is 9.47 Å². The summed E-state index contributed by atoms with van der Waals surface area (Å²) in [7, 11) is 0. The van der Waals surface area contributed by atoms with Crippen LogP contribution in [0.25, 0.3) is 0 Å². The molecule has 0 radical (unpaired) electrons. The zero-order valence-corrected chi connectivity index (χ0v) is 16.1. The Hall–Kier alpha value is -2.62. The van der Waals surface area contributed by atoms with E-state index in [0.717, 1.165) is 36.8 Å². The minimum Gasteiger partial charge on any atom is -0.447 e. The summed E-state index contributed by atoms with van der Waals surface area (Å²) in [6.45, 7) is 6.06. The molecule has 1 saturated carbocycles. The molecule has 3 heterocycles. The molecule has 1 spiro atoms. The first-order chi connectivity index (χ1) is 13.4. The van der Waals surface area contributed by atoms with Crippen LogP contribution in [0.15, 0.2) is 23.8 Å². The minimum atomic E-state index is -1.73. The van der Waals surface area contributed by atoms with Gasteiger partial charge in [-0.05, 0) is 50.5 Å². The maximum atomic E-state index is 10.3. The lowest BCUT2D eigenvalue weighted by molar-refractivity contribution is -0.350. The number of hydrogen-bond acceptors (Lipinski definition) is 6. The molecule has 0 unspecified atom stereocenters. The van der Waals surface area contributed by atoms with E-state index in [1.807, 2.05) is 6.92 Å². The summed E-state index contributed by atoms with van der Waals surface area (Å²) in [4.78, 5) is 0. The number of rotatable bonds is 2. The lowest BCUT2D eigenvalue weighted by Crippen LogP contribution is -2.76. The monoisotopic (exact) mass is 376 g/mol. The van der Waals surface area contributed by atoms with E-state index in [0.29, 0.717) is 25.2 Å². The number of ether oxygens (including phenoxy) is 2. The lowest BCUT2D eigenvalue weighted by atomic mass is 9.48. The number of nitrogens with zero attached hydrogens (tertiary/aromatic N) is 3. The Morgan fingerprint density at radius 1 is 1.21 bits per heavy atom. The molecule has 144 valence electrons. The minimum absolute atomic E-state index is 0.282. The smallest absolute Gasteiger partial charge is 0.218 e. The summed E-state index contributed by atoms with van der Waals surface area (Å²) >= 11 is 0. The van der Waals surface area contributed by atoms with Gasteiger partial charge in [-0.3, -0.25) is 5.41 Å². The van der Waals surface area contributed by atoms with E-state index in [1.54, 1.807) is 0 Å². The van der Waals surface area contributed by atoms with E-state index >= 15 is 0 Å². The second-order valence-electron chi connectivity index (χ2n) is 8.59. The van der Waals surface area contributed by atoms with Crippen LogP contribution in [0.1, 0.15) is 51.9 Å². The van der Waals surface area contributed by atoms with Gasteiger partial charge in [0.05, 0.1) is 24.1 Å².